The lowest BCUT2D eigenvalue weighted by molar-refractivity contribution is -0.141. The summed E-state index contributed by atoms with van der Waals surface area (Å²) in [5, 5.41) is 1.43. The lowest BCUT2D eigenvalue weighted by Crippen LogP contribution is -2.52. The molecule has 0 atom stereocenters. The Kier molecular flexibility index (Phi) is 4.65. The smallest absolute Gasteiger partial charge is 0.454 e. The van der Waals surface area contributed by atoms with Crippen molar-refractivity contribution in [3.8, 4) is 0 Å². The van der Waals surface area contributed by atoms with Gasteiger partial charge in [-0.15, -0.1) is 0 Å². The Hall–Kier alpha value is -3.69. The number of methoxy groups -OCH3 is 1. The Balaban J connectivity index is 1.87. The van der Waals surface area contributed by atoms with E-state index in [-0.39, 0.29) is 24.1 Å². The highest BCUT2D eigenvalue weighted by Crippen LogP contribution is 2.24. The molecule has 0 saturated carbocycles. The normalized spacial score (nSPS) is 12.7. The highest BCUT2D eigenvalue weighted by atomic mass is 16.7. The first-order valence-electron chi connectivity index (χ1n) is 7.55. The molecule has 0 saturated heterocycles. The van der Waals surface area contributed by atoms with Crippen molar-refractivity contribution < 1.29 is 28.8 Å². The molecule has 1 aromatic carbocycles. The predicted octanol–water partition coefficient (Wildman–Crippen LogP) is 0.508. The van der Waals surface area contributed by atoms with E-state index in [0.717, 1.165) is 9.74 Å². The van der Waals surface area contributed by atoms with Crippen LogP contribution < -0.4 is 4.84 Å². The second-order valence-corrected chi connectivity index (χ2v) is 5.20. The molecule has 1 aliphatic heterocycles. The third-order valence-corrected chi connectivity index (χ3v) is 3.64. The molecule has 0 N–H and O–H groups in total. The number of aromatic nitrogens is 2. The van der Waals surface area contributed by atoms with Gasteiger partial charge in [0.2, 0.25) is 0 Å². The number of hydrazine groups is 1. The van der Waals surface area contributed by atoms with Gasteiger partial charge in [-0.2, -0.15) is 9.74 Å². The summed E-state index contributed by atoms with van der Waals surface area (Å²) in [6.45, 7) is -0.286. The lowest BCUT2D eigenvalue weighted by Gasteiger charge is -2.28. The first-order chi connectivity index (χ1) is 12.5. The number of hydrogen-bond donors (Lipinski definition) is 0. The third-order valence-electron chi connectivity index (χ3n) is 3.64. The van der Waals surface area contributed by atoms with E-state index in [1.54, 1.807) is 12.1 Å². The Morgan fingerprint density at radius 2 is 1.81 bits per heavy atom. The zero-order valence-electron chi connectivity index (χ0n) is 13.7. The lowest BCUT2D eigenvalue weighted by atomic mass is 10.1. The van der Waals surface area contributed by atoms with Crippen LogP contribution in [0.2, 0.25) is 0 Å². The standard InChI is InChI=1S/C16H14N4O6/c1-25-13(21)6-8-19(16(24)26-18-9-7-17-10-18)20-14(22)11-4-2-3-5-12(11)15(20)23/h2-5,7,9-10H,6,8H2,1H3. The van der Waals surface area contributed by atoms with Crippen LogP contribution in [0.25, 0.3) is 0 Å². The molecule has 0 aliphatic carbocycles. The van der Waals surface area contributed by atoms with E-state index < -0.39 is 23.9 Å². The minimum Gasteiger partial charge on any atom is -0.469 e. The van der Waals surface area contributed by atoms with Crippen molar-refractivity contribution in [2.45, 2.75) is 6.42 Å². The fourth-order valence-electron chi connectivity index (χ4n) is 2.41. The monoisotopic (exact) mass is 358 g/mol. The van der Waals surface area contributed by atoms with Crippen LogP contribution in [0.3, 0.4) is 0 Å². The van der Waals surface area contributed by atoms with E-state index in [1.165, 1.54) is 38.0 Å². The Morgan fingerprint density at radius 1 is 1.15 bits per heavy atom. The summed E-state index contributed by atoms with van der Waals surface area (Å²) < 4.78 is 5.55. The van der Waals surface area contributed by atoms with Crippen molar-refractivity contribution in [2.24, 2.45) is 0 Å². The van der Waals surface area contributed by atoms with Crippen LogP contribution >= 0.6 is 0 Å². The van der Waals surface area contributed by atoms with E-state index in [4.69, 9.17) is 4.84 Å². The summed E-state index contributed by atoms with van der Waals surface area (Å²) in [6, 6.07) is 6.18. The van der Waals surface area contributed by atoms with Gasteiger partial charge in [0.1, 0.15) is 6.33 Å². The van der Waals surface area contributed by atoms with Gasteiger partial charge < -0.3 is 9.57 Å². The van der Waals surface area contributed by atoms with Crippen molar-refractivity contribution in [3.05, 3.63) is 54.1 Å². The number of carbonyl (C=O) groups excluding carboxylic acids is 4. The molecule has 134 valence electrons. The molecule has 10 nitrogen and oxygen atoms in total. The quantitative estimate of drug-likeness (QED) is 0.565. The average Bonchev–Trinajstić information content (AvgIpc) is 3.24. The van der Waals surface area contributed by atoms with E-state index >= 15 is 0 Å². The molecule has 1 aromatic heterocycles. The second-order valence-electron chi connectivity index (χ2n) is 5.20. The average molecular weight is 358 g/mol. The van der Waals surface area contributed by atoms with Crippen LogP contribution in [-0.2, 0) is 9.53 Å². The number of benzene rings is 1. The Bertz CT molecular complexity index is 828. The van der Waals surface area contributed by atoms with Crippen LogP contribution in [0, 0.1) is 0 Å². The van der Waals surface area contributed by atoms with Crippen molar-refractivity contribution >= 4 is 23.9 Å². The molecule has 1 aliphatic rings. The van der Waals surface area contributed by atoms with E-state index in [2.05, 4.69) is 9.72 Å². The van der Waals surface area contributed by atoms with Crippen LogP contribution in [0.1, 0.15) is 27.1 Å². The van der Waals surface area contributed by atoms with Crippen molar-refractivity contribution in [3.63, 3.8) is 0 Å². The number of fused-ring (bicyclic) bond motifs is 1. The van der Waals surface area contributed by atoms with Gasteiger partial charge in [-0.05, 0) is 12.1 Å². The first kappa shape index (κ1) is 17.1. The van der Waals surface area contributed by atoms with Crippen LogP contribution in [0.4, 0.5) is 4.79 Å². The molecule has 26 heavy (non-hydrogen) atoms. The van der Waals surface area contributed by atoms with Gasteiger partial charge in [0, 0.05) is 6.20 Å². The summed E-state index contributed by atoms with van der Waals surface area (Å²) in [7, 11) is 1.19. The number of nitrogens with zero attached hydrogens (tertiary/aromatic N) is 4. The molecular weight excluding hydrogens is 344 g/mol. The molecule has 2 heterocycles. The highest BCUT2D eigenvalue weighted by Gasteiger charge is 2.42. The number of hydrogen-bond acceptors (Lipinski definition) is 7. The maximum absolute atomic E-state index is 12.6. The molecule has 0 unspecified atom stereocenters. The van der Waals surface area contributed by atoms with E-state index in [1.807, 2.05) is 0 Å². The van der Waals surface area contributed by atoms with Gasteiger partial charge in [0.05, 0.1) is 37.4 Å². The SMILES string of the molecule is COC(=O)CCN(C(=O)On1ccnc1)N1C(=O)c2ccccc2C1=O. The molecule has 0 fully saturated rings. The summed E-state index contributed by atoms with van der Waals surface area (Å²) >= 11 is 0. The van der Waals surface area contributed by atoms with Crippen LogP contribution in [0.15, 0.2) is 43.0 Å². The molecule has 3 rings (SSSR count). The van der Waals surface area contributed by atoms with E-state index in [0.29, 0.717) is 5.01 Å². The van der Waals surface area contributed by atoms with Gasteiger partial charge in [0.25, 0.3) is 11.8 Å². The van der Waals surface area contributed by atoms with Gasteiger partial charge >= 0.3 is 12.1 Å². The van der Waals surface area contributed by atoms with Crippen molar-refractivity contribution in [1.82, 2.24) is 19.7 Å². The molecule has 0 radical (unpaired) electrons. The third kappa shape index (κ3) is 3.11. The number of amides is 3. The zero-order valence-corrected chi connectivity index (χ0v) is 13.7. The number of imide groups is 1. The van der Waals surface area contributed by atoms with Crippen molar-refractivity contribution in [2.75, 3.05) is 13.7 Å². The molecule has 0 spiro atoms. The number of carbonyl (C=O) groups is 4. The molecule has 3 amide bonds. The summed E-state index contributed by atoms with van der Waals surface area (Å²) in [5.41, 5.74) is 0.326. The van der Waals surface area contributed by atoms with Crippen LogP contribution in [-0.4, -0.2) is 57.3 Å². The van der Waals surface area contributed by atoms with Crippen molar-refractivity contribution in [1.29, 1.82) is 0 Å². The molecule has 10 heteroatoms. The highest BCUT2D eigenvalue weighted by molar-refractivity contribution is 6.21. The first-order valence-corrected chi connectivity index (χ1v) is 7.55. The van der Waals surface area contributed by atoms with Gasteiger partial charge in [0.15, 0.2) is 0 Å². The number of ether oxygens (including phenoxy) is 1. The minimum absolute atomic E-state index is 0.163. The molecule has 0 bridgehead atoms. The van der Waals surface area contributed by atoms with E-state index in [9.17, 15) is 19.2 Å². The van der Waals surface area contributed by atoms with Gasteiger partial charge in [-0.1, -0.05) is 12.1 Å². The summed E-state index contributed by atoms with van der Waals surface area (Å²) in [4.78, 5) is 57.9. The number of esters is 1. The Morgan fingerprint density at radius 3 is 2.35 bits per heavy atom. The molecular formula is C16H14N4O6. The topological polar surface area (TPSA) is 111 Å². The summed E-state index contributed by atoms with van der Waals surface area (Å²) in [5.74, 6) is -1.97. The Labute approximate surface area is 147 Å². The second kappa shape index (κ2) is 7.05. The minimum atomic E-state index is -1.03. The fraction of sp³-hybridized carbons (Fsp3) is 0.188. The number of rotatable bonds is 5. The maximum atomic E-state index is 12.6. The zero-order chi connectivity index (χ0) is 18.7. The van der Waals surface area contributed by atoms with Gasteiger partial charge in [-0.3, -0.25) is 14.4 Å². The summed E-state index contributed by atoms with van der Waals surface area (Å²) in [6.07, 6.45) is 2.70. The van der Waals surface area contributed by atoms with Gasteiger partial charge in [-0.25, -0.2) is 14.8 Å². The largest absolute Gasteiger partial charge is 0.469 e. The number of imidazole rings is 1. The molecule has 2 aromatic rings. The fourth-order valence-corrected chi connectivity index (χ4v) is 2.41. The van der Waals surface area contributed by atoms with Crippen LogP contribution in [0.5, 0.6) is 0 Å². The predicted molar refractivity (Wildman–Crippen MR) is 84.5 cm³/mol. The maximum Gasteiger partial charge on any atom is 0.454 e.